The molecule has 164 valence electrons. The van der Waals surface area contributed by atoms with Crippen LogP contribution in [0.2, 0.25) is 0 Å². The number of hydrogen-bond donors (Lipinski definition) is 1. The average molecular weight is 426 g/mol. The molecule has 0 saturated carbocycles. The fraction of sp³-hybridized carbons (Fsp3) is 0.321. The summed E-state index contributed by atoms with van der Waals surface area (Å²) < 4.78 is 5.82. The van der Waals surface area contributed by atoms with Gasteiger partial charge in [0.15, 0.2) is 5.58 Å². The van der Waals surface area contributed by atoms with E-state index in [9.17, 15) is 0 Å². The van der Waals surface area contributed by atoms with Crippen molar-refractivity contribution in [3.8, 4) is 11.1 Å². The Labute approximate surface area is 190 Å². The summed E-state index contributed by atoms with van der Waals surface area (Å²) in [5.74, 6) is 0.756. The third kappa shape index (κ3) is 4.47. The number of fused-ring (bicyclic) bond motifs is 1. The molecule has 5 rings (SSSR count). The summed E-state index contributed by atoms with van der Waals surface area (Å²) >= 11 is 0. The molecule has 0 spiro atoms. The highest BCUT2D eigenvalue weighted by Gasteiger charge is 2.21. The molecule has 3 aromatic carbocycles. The fourth-order valence-electron chi connectivity index (χ4n) is 5.00. The molecule has 1 aromatic heterocycles. The zero-order chi connectivity index (χ0) is 21.8. The van der Waals surface area contributed by atoms with Crippen molar-refractivity contribution in [2.45, 2.75) is 38.8 Å². The molecule has 2 heterocycles. The number of aryl methyl sites for hydroxylation is 1. The maximum Gasteiger partial charge on any atom is 0.172 e. The molecule has 4 aromatic rings. The van der Waals surface area contributed by atoms with Crippen LogP contribution in [0, 0.1) is 5.92 Å². The van der Waals surface area contributed by atoms with Crippen LogP contribution in [-0.4, -0.2) is 23.1 Å². The first kappa shape index (κ1) is 20.9. The maximum atomic E-state index is 6.13. The van der Waals surface area contributed by atoms with Gasteiger partial charge >= 0.3 is 0 Å². The van der Waals surface area contributed by atoms with Crippen molar-refractivity contribution < 1.29 is 4.52 Å². The van der Waals surface area contributed by atoms with Crippen molar-refractivity contribution in [2.75, 3.05) is 13.1 Å². The molecular weight excluding hydrogens is 394 g/mol. The molecule has 0 amide bonds. The van der Waals surface area contributed by atoms with Gasteiger partial charge in [-0.05, 0) is 67.4 Å². The number of rotatable bonds is 7. The van der Waals surface area contributed by atoms with Gasteiger partial charge in [0, 0.05) is 24.0 Å². The molecule has 4 nitrogen and oxygen atoms in total. The highest BCUT2D eigenvalue weighted by atomic mass is 16.5. The number of hydrogen-bond acceptors (Lipinski definition) is 4. The summed E-state index contributed by atoms with van der Waals surface area (Å²) in [7, 11) is 0. The minimum Gasteiger partial charge on any atom is -0.356 e. The standard InChI is InChI=1S/C28H31N3O/c29-19-26-24(23-9-5-2-6-10-23)12-13-25-27(30-32-28(25)26)14-11-21-15-17-31(18-16-21)20-22-7-3-1-4-8-22/h1-10,12-13,21H,11,14-20,29H2. The zero-order valence-electron chi connectivity index (χ0n) is 18.5. The van der Waals surface area contributed by atoms with Crippen LogP contribution in [0.1, 0.15) is 36.1 Å². The van der Waals surface area contributed by atoms with Crippen LogP contribution in [0.5, 0.6) is 0 Å². The molecule has 1 saturated heterocycles. The summed E-state index contributed by atoms with van der Waals surface area (Å²) in [5.41, 5.74) is 12.8. The topological polar surface area (TPSA) is 55.3 Å². The smallest absolute Gasteiger partial charge is 0.172 e. The first-order valence-corrected chi connectivity index (χ1v) is 11.7. The monoisotopic (exact) mass is 425 g/mol. The van der Waals surface area contributed by atoms with E-state index in [1.807, 2.05) is 6.07 Å². The van der Waals surface area contributed by atoms with Gasteiger partial charge in [0.2, 0.25) is 0 Å². The quantitative estimate of drug-likeness (QED) is 0.407. The lowest BCUT2D eigenvalue weighted by Gasteiger charge is -2.31. The fourth-order valence-corrected chi connectivity index (χ4v) is 5.00. The first-order chi connectivity index (χ1) is 15.8. The van der Waals surface area contributed by atoms with Gasteiger partial charge in [-0.1, -0.05) is 71.9 Å². The molecule has 1 aliphatic rings. The molecule has 0 unspecified atom stereocenters. The Morgan fingerprint density at radius 1 is 0.906 bits per heavy atom. The van der Waals surface area contributed by atoms with E-state index in [1.54, 1.807) is 0 Å². The Morgan fingerprint density at radius 2 is 1.62 bits per heavy atom. The molecule has 1 fully saturated rings. The van der Waals surface area contributed by atoms with Crippen molar-refractivity contribution in [3.05, 3.63) is 89.6 Å². The number of likely N-dealkylation sites (tertiary alicyclic amines) is 1. The van der Waals surface area contributed by atoms with E-state index >= 15 is 0 Å². The van der Waals surface area contributed by atoms with Crippen molar-refractivity contribution >= 4 is 11.0 Å². The highest BCUT2D eigenvalue weighted by molar-refractivity contribution is 5.89. The number of nitrogens with zero attached hydrogens (tertiary/aromatic N) is 2. The normalized spacial score (nSPS) is 15.4. The molecule has 2 N–H and O–H groups in total. The predicted molar refractivity (Wildman–Crippen MR) is 130 cm³/mol. The molecule has 32 heavy (non-hydrogen) atoms. The van der Waals surface area contributed by atoms with E-state index < -0.39 is 0 Å². The number of aromatic nitrogens is 1. The number of piperidine rings is 1. The van der Waals surface area contributed by atoms with Crippen molar-refractivity contribution in [3.63, 3.8) is 0 Å². The third-order valence-electron chi connectivity index (χ3n) is 6.85. The van der Waals surface area contributed by atoms with E-state index in [1.165, 1.54) is 37.9 Å². The summed E-state index contributed by atoms with van der Waals surface area (Å²) in [6.45, 7) is 3.86. The maximum absolute atomic E-state index is 6.13. The van der Waals surface area contributed by atoms with Crippen LogP contribution in [0.25, 0.3) is 22.1 Å². The van der Waals surface area contributed by atoms with Gasteiger partial charge in [-0.25, -0.2) is 0 Å². The van der Waals surface area contributed by atoms with Gasteiger partial charge in [0.25, 0.3) is 0 Å². The van der Waals surface area contributed by atoms with Crippen molar-refractivity contribution in [2.24, 2.45) is 11.7 Å². The summed E-state index contributed by atoms with van der Waals surface area (Å²) in [5, 5.41) is 5.57. The van der Waals surface area contributed by atoms with Crippen LogP contribution in [0.3, 0.4) is 0 Å². The van der Waals surface area contributed by atoms with Crippen LogP contribution in [0.4, 0.5) is 0 Å². The van der Waals surface area contributed by atoms with Crippen LogP contribution in [-0.2, 0) is 19.5 Å². The summed E-state index contributed by atoms with van der Waals surface area (Å²) in [4.78, 5) is 2.58. The summed E-state index contributed by atoms with van der Waals surface area (Å²) in [6, 6.07) is 25.5. The minimum absolute atomic E-state index is 0.441. The summed E-state index contributed by atoms with van der Waals surface area (Å²) in [6.07, 6.45) is 4.65. The Kier molecular flexibility index (Phi) is 6.33. The first-order valence-electron chi connectivity index (χ1n) is 11.7. The number of nitrogens with two attached hydrogens (primary N) is 1. The number of benzene rings is 3. The predicted octanol–water partition coefficient (Wildman–Crippen LogP) is 5.80. The van der Waals surface area contributed by atoms with Crippen LogP contribution in [0.15, 0.2) is 77.3 Å². The lowest BCUT2D eigenvalue weighted by Crippen LogP contribution is -2.33. The Balaban J connectivity index is 1.23. The van der Waals surface area contributed by atoms with Gasteiger partial charge in [-0.2, -0.15) is 0 Å². The van der Waals surface area contributed by atoms with Crippen molar-refractivity contribution in [1.29, 1.82) is 0 Å². The molecule has 4 heteroatoms. The Bertz CT molecular complexity index is 1150. The van der Waals surface area contributed by atoms with Gasteiger partial charge in [-0.3, -0.25) is 4.90 Å². The van der Waals surface area contributed by atoms with Gasteiger partial charge in [0.05, 0.1) is 5.69 Å². The molecule has 0 bridgehead atoms. The van der Waals surface area contributed by atoms with E-state index in [0.717, 1.165) is 52.2 Å². The molecular formula is C28H31N3O. The van der Waals surface area contributed by atoms with Gasteiger partial charge in [-0.15, -0.1) is 0 Å². The average Bonchev–Trinajstić information content (AvgIpc) is 3.27. The van der Waals surface area contributed by atoms with Crippen LogP contribution < -0.4 is 5.73 Å². The van der Waals surface area contributed by atoms with Gasteiger partial charge < -0.3 is 10.3 Å². The molecule has 1 aliphatic heterocycles. The second-order valence-corrected chi connectivity index (χ2v) is 8.91. The second-order valence-electron chi connectivity index (χ2n) is 8.91. The van der Waals surface area contributed by atoms with E-state index in [4.69, 9.17) is 10.3 Å². The highest BCUT2D eigenvalue weighted by Crippen LogP contribution is 2.33. The molecule has 0 aliphatic carbocycles. The lowest BCUT2D eigenvalue weighted by molar-refractivity contribution is 0.172. The Morgan fingerprint density at radius 3 is 2.34 bits per heavy atom. The zero-order valence-corrected chi connectivity index (χ0v) is 18.5. The van der Waals surface area contributed by atoms with E-state index in [0.29, 0.717) is 6.54 Å². The second kappa shape index (κ2) is 9.68. The third-order valence-corrected chi connectivity index (χ3v) is 6.85. The molecule has 0 radical (unpaired) electrons. The van der Waals surface area contributed by atoms with E-state index in [-0.39, 0.29) is 0 Å². The SMILES string of the molecule is NCc1c(-c2ccccc2)ccc2c(CCC3CCN(Cc4ccccc4)CC3)noc12. The lowest BCUT2D eigenvalue weighted by atomic mass is 9.90. The Hall–Kier alpha value is -2.95. The van der Waals surface area contributed by atoms with Crippen molar-refractivity contribution in [1.82, 2.24) is 10.1 Å². The van der Waals surface area contributed by atoms with Gasteiger partial charge in [0.1, 0.15) is 0 Å². The van der Waals surface area contributed by atoms with E-state index in [2.05, 4.69) is 76.8 Å². The minimum atomic E-state index is 0.441. The van der Waals surface area contributed by atoms with Crippen LogP contribution >= 0.6 is 0 Å². The largest absolute Gasteiger partial charge is 0.356 e. The molecule has 0 atom stereocenters.